The SMILES string of the molecule is CCC(C)(CCO)NS(=O)(=O)c1cccc(C#N)c1. The summed E-state index contributed by atoms with van der Waals surface area (Å²) in [5.74, 6) is 0. The second kappa shape index (κ2) is 6.15. The van der Waals surface area contributed by atoms with Gasteiger partial charge in [-0.05, 0) is 38.0 Å². The minimum atomic E-state index is -3.70. The summed E-state index contributed by atoms with van der Waals surface area (Å²) >= 11 is 0. The standard InChI is InChI=1S/C13H18N2O3S/c1-3-13(2,7-8-16)15-19(17,18)12-6-4-5-11(9-12)10-14/h4-6,9,15-16H,3,7-8H2,1-2H3. The molecule has 0 spiro atoms. The number of rotatable bonds is 6. The van der Waals surface area contributed by atoms with Crippen LogP contribution in [0.4, 0.5) is 0 Å². The zero-order valence-electron chi connectivity index (χ0n) is 11.0. The summed E-state index contributed by atoms with van der Waals surface area (Å²) in [7, 11) is -3.70. The molecule has 0 bridgehead atoms. The molecule has 0 aliphatic heterocycles. The molecule has 104 valence electrons. The molecule has 1 unspecified atom stereocenters. The lowest BCUT2D eigenvalue weighted by Gasteiger charge is -2.28. The maximum Gasteiger partial charge on any atom is 0.241 e. The van der Waals surface area contributed by atoms with Gasteiger partial charge in [-0.1, -0.05) is 13.0 Å². The number of hydrogen-bond donors (Lipinski definition) is 2. The fourth-order valence-corrected chi connectivity index (χ4v) is 3.22. The zero-order chi connectivity index (χ0) is 14.5. The molecule has 2 N–H and O–H groups in total. The number of aliphatic hydroxyl groups is 1. The van der Waals surface area contributed by atoms with Crippen LogP contribution < -0.4 is 4.72 Å². The van der Waals surface area contributed by atoms with Crippen molar-refractivity contribution in [2.24, 2.45) is 0 Å². The molecule has 1 aromatic carbocycles. The van der Waals surface area contributed by atoms with Gasteiger partial charge >= 0.3 is 0 Å². The zero-order valence-corrected chi connectivity index (χ0v) is 11.9. The summed E-state index contributed by atoms with van der Waals surface area (Å²) in [6.45, 7) is 3.50. The van der Waals surface area contributed by atoms with Gasteiger partial charge in [-0.3, -0.25) is 0 Å². The van der Waals surface area contributed by atoms with E-state index in [-0.39, 0.29) is 11.5 Å². The third-order valence-corrected chi connectivity index (χ3v) is 4.73. The van der Waals surface area contributed by atoms with E-state index in [9.17, 15) is 8.42 Å². The Hall–Kier alpha value is -1.42. The summed E-state index contributed by atoms with van der Waals surface area (Å²) in [6, 6.07) is 7.76. The molecule has 1 atom stereocenters. The fourth-order valence-electron chi connectivity index (χ4n) is 1.66. The molecular formula is C13H18N2O3S. The lowest BCUT2D eigenvalue weighted by atomic mass is 9.97. The third-order valence-electron chi connectivity index (χ3n) is 3.10. The Balaban J connectivity index is 3.07. The molecule has 5 nitrogen and oxygen atoms in total. The van der Waals surface area contributed by atoms with E-state index in [4.69, 9.17) is 10.4 Å². The van der Waals surface area contributed by atoms with E-state index >= 15 is 0 Å². The molecular weight excluding hydrogens is 264 g/mol. The van der Waals surface area contributed by atoms with Crippen LogP contribution in [-0.4, -0.2) is 25.7 Å². The molecule has 6 heteroatoms. The van der Waals surface area contributed by atoms with E-state index in [0.29, 0.717) is 18.4 Å². The van der Waals surface area contributed by atoms with Crippen LogP contribution in [-0.2, 0) is 10.0 Å². The number of sulfonamides is 1. The Kier molecular flexibility index (Phi) is 5.06. The average Bonchev–Trinajstić information content (AvgIpc) is 2.38. The Labute approximate surface area is 113 Å². The first-order chi connectivity index (χ1) is 8.87. The molecule has 19 heavy (non-hydrogen) atoms. The van der Waals surface area contributed by atoms with Gasteiger partial charge < -0.3 is 5.11 Å². The van der Waals surface area contributed by atoms with Crippen molar-refractivity contribution in [2.75, 3.05) is 6.61 Å². The normalized spacial score (nSPS) is 14.6. The van der Waals surface area contributed by atoms with E-state index in [1.54, 1.807) is 13.0 Å². The van der Waals surface area contributed by atoms with Gasteiger partial charge in [-0.15, -0.1) is 0 Å². The highest BCUT2D eigenvalue weighted by molar-refractivity contribution is 7.89. The van der Waals surface area contributed by atoms with Crippen molar-refractivity contribution in [3.8, 4) is 6.07 Å². The van der Waals surface area contributed by atoms with E-state index in [2.05, 4.69) is 4.72 Å². The summed E-state index contributed by atoms with van der Waals surface area (Å²) in [5.41, 5.74) is -0.404. The van der Waals surface area contributed by atoms with Crippen molar-refractivity contribution in [1.82, 2.24) is 4.72 Å². The number of nitrogens with zero attached hydrogens (tertiary/aromatic N) is 1. The maximum absolute atomic E-state index is 12.2. The van der Waals surface area contributed by atoms with E-state index in [1.807, 2.05) is 13.0 Å². The van der Waals surface area contributed by atoms with Crippen molar-refractivity contribution in [2.45, 2.75) is 37.1 Å². The molecule has 0 heterocycles. The second-order valence-corrected chi connectivity index (χ2v) is 6.32. The molecule has 0 aliphatic rings. The minimum Gasteiger partial charge on any atom is -0.396 e. The minimum absolute atomic E-state index is 0.0594. The molecule has 1 aromatic rings. The summed E-state index contributed by atoms with van der Waals surface area (Å²) in [4.78, 5) is 0.0594. The van der Waals surface area contributed by atoms with Gasteiger partial charge in [0.1, 0.15) is 0 Å². The van der Waals surface area contributed by atoms with Crippen LogP contribution in [0.2, 0.25) is 0 Å². The van der Waals surface area contributed by atoms with E-state index < -0.39 is 15.6 Å². The molecule has 0 fully saturated rings. The van der Waals surface area contributed by atoms with Crippen LogP contribution in [0.1, 0.15) is 32.3 Å². The van der Waals surface area contributed by atoms with Crippen molar-refractivity contribution in [1.29, 1.82) is 5.26 Å². The molecule has 0 amide bonds. The summed E-state index contributed by atoms with van der Waals surface area (Å²) in [5, 5.41) is 17.8. The Morgan fingerprint density at radius 3 is 2.68 bits per heavy atom. The topological polar surface area (TPSA) is 90.2 Å². The molecule has 0 aliphatic carbocycles. The van der Waals surface area contributed by atoms with Gasteiger partial charge in [0, 0.05) is 12.1 Å². The molecule has 1 rings (SSSR count). The lowest BCUT2D eigenvalue weighted by Crippen LogP contribution is -2.46. The molecule has 0 aromatic heterocycles. The number of nitrogens with one attached hydrogen (secondary N) is 1. The van der Waals surface area contributed by atoms with Crippen LogP contribution in [0.3, 0.4) is 0 Å². The van der Waals surface area contributed by atoms with Gasteiger partial charge in [0.2, 0.25) is 10.0 Å². The smallest absolute Gasteiger partial charge is 0.241 e. The number of hydrogen-bond acceptors (Lipinski definition) is 4. The van der Waals surface area contributed by atoms with Crippen LogP contribution in [0.5, 0.6) is 0 Å². The van der Waals surface area contributed by atoms with Crippen molar-refractivity contribution >= 4 is 10.0 Å². The Morgan fingerprint density at radius 1 is 1.47 bits per heavy atom. The number of benzene rings is 1. The molecule has 0 saturated heterocycles. The number of nitriles is 1. The van der Waals surface area contributed by atoms with Crippen LogP contribution in [0.25, 0.3) is 0 Å². The first-order valence-electron chi connectivity index (χ1n) is 6.02. The largest absolute Gasteiger partial charge is 0.396 e. The van der Waals surface area contributed by atoms with Gasteiger partial charge in [-0.2, -0.15) is 5.26 Å². The Bertz CT molecular complexity index is 578. The Morgan fingerprint density at radius 2 is 2.16 bits per heavy atom. The first kappa shape index (κ1) is 15.6. The van der Waals surface area contributed by atoms with E-state index in [1.165, 1.54) is 18.2 Å². The predicted molar refractivity (Wildman–Crippen MR) is 71.9 cm³/mol. The summed E-state index contributed by atoms with van der Waals surface area (Å²) in [6.07, 6.45) is 0.894. The summed E-state index contributed by atoms with van der Waals surface area (Å²) < 4.78 is 27.1. The quantitative estimate of drug-likeness (QED) is 0.825. The highest BCUT2D eigenvalue weighted by Crippen LogP contribution is 2.19. The van der Waals surface area contributed by atoms with Gasteiger partial charge in [0.05, 0.1) is 16.5 Å². The first-order valence-corrected chi connectivity index (χ1v) is 7.50. The van der Waals surface area contributed by atoms with E-state index in [0.717, 1.165) is 0 Å². The van der Waals surface area contributed by atoms with Crippen molar-refractivity contribution in [3.63, 3.8) is 0 Å². The highest BCUT2D eigenvalue weighted by atomic mass is 32.2. The lowest BCUT2D eigenvalue weighted by molar-refractivity contribution is 0.233. The third kappa shape index (κ3) is 4.03. The fraction of sp³-hybridized carbons (Fsp3) is 0.462. The molecule has 0 saturated carbocycles. The molecule has 0 radical (unpaired) electrons. The van der Waals surface area contributed by atoms with Gasteiger partial charge in [-0.25, -0.2) is 13.1 Å². The highest BCUT2D eigenvalue weighted by Gasteiger charge is 2.28. The number of aliphatic hydroxyl groups excluding tert-OH is 1. The van der Waals surface area contributed by atoms with Crippen LogP contribution in [0.15, 0.2) is 29.2 Å². The predicted octanol–water partition coefficient (Wildman–Crippen LogP) is 1.39. The van der Waals surface area contributed by atoms with Crippen LogP contribution >= 0.6 is 0 Å². The van der Waals surface area contributed by atoms with Gasteiger partial charge in [0.25, 0.3) is 0 Å². The van der Waals surface area contributed by atoms with Crippen molar-refractivity contribution < 1.29 is 13.5 Å². The monoisotopic (exact) mass is 282 g/mol. The van der Waals surface area contributed by atoms with Gasteiger partial charge in [0.15, 0.2) is 0 Å². The van der Waals surface area contributed by atoms with Crippen LogP contribution in [0, 0.1) is 11.3 Å². The second-order valence-electron chi connectivity index (χ2n) is 4.63. The van der Waals surface area contributed by atoms with Crippen molar-refractivity contribution in [3.05, 3.63) is 29.8 Å². The average molecular weight is 282 g/mol. The maximum atomic E-state index is 12.2.